The van der Waals surface area contributed by atoms with Crippen molar-refractivity contribution in [1.29, 1.82) is 0 Å². The van der Waals surface area contributed by atoms with E-state index in [0.717, 1.165) is 11.1 Å². The predicted octanol–water partition coefficient (Wildman–Crippen LogP) is 2.43. The number of Topliss-reactive ketones (excluding diaryl/α,β-unsaturated/α-hetero) is 1. The largest absolute Gasteiger partial charge is 0.457 e. The van der Waals surface area contributed by atoms with Crippen molar-refractivity contribution in [2.45, 2.75) is 31.5 Å². The number of aryl methyl sites for hydroxylation is 1. The number of hydrogen-bond acceptors (Lipinski definition) is 6. The maximum atomic E-state index is 12.8. The number of anilines is 1. The van der Waals surface area contributed by atoms with Crippen LogP contribution in [0.4, 0.5) is 5.69 Å². The first-order valence-electron chi connectivity index (χ1n) is 9.91. The normalized spacial score (nSPS) is 20.4. The molecule has 2 heterocycles. The molecule has 5 rings (SSSR count). The Kier molecular flexibility index (Phi) is 4.82. The third-order valence-corrected chi connectivity index (χ3v) is 5.74. The van der Waals surface area contributed by atoms with Crippen LogP contribution >= 0.6 is 0 Å². The van der Waals surface area contributed by atoms with Crippen LogP contribution in [0.1, 0.15) is 63.2 Å². The number of ether oxygens (including phenoxy) is 1. The van der Waals surface area contributed by atoms with Crippen LogP contribution in [0.15, 0.2) is 48.7 Å². The number of primary amides is 1. The van der Waals surface area contributed by atoms with Crippen LogP contribution in [0.25, 0.3) is 0 Å². The average Bonchev–Trinajstić information content (AvgIpc) is 3.33. The lowest BCUT2D eigenvalue weighted by Crippen LogP contribution is -2.32. The monoisotopic (exact) mass is 420 g/mol. The molecule has 2 atom stereocenters. The van der Waals surface area contributed by atoms with Crippen LogP contribution in [-0.2, 0) is 12.8 Å². The number of carbonyl (C=O) groups excluding carboxylic acids is 2. The fraction of sp³-hybridized carbons (Fsp3) is 0.261. The first kappa shape index (κ1) is 20.6. The number of fused-ring (bicyclic) bond motifs is 5. The quantitative estimate of drug-likeness (QED) is 0.545. The van der Waals surface area contributed by atoms with Gasteiger partial charge in [-0.25, -0.2) is 0 Å². The minimum atomic E-state index is -1.64. The number of hydrogen-bond donors (Lipinski definition) is 3. The molecule has 0 spiro atoms. The van der Waals surface area contributed by atoms with Crippen LogP contribution < -0.4 is 16.2 Å². The number of aromatic nitrogens is 2. The number of benzene rings is 2. The molecule has 1 aliphatic heterocycles. The molecule has 31 heavy (non-hydrogen) atoms. The van der Waals surface area contributed by atoms with E-state index in [1.807, 2.05) is 18.2 Å². The lowest BCUT2D eigenvalue weighted by molar-refractivity contribution is -0.134. The Morgan fingerprint density at radius 3 is 2.58 bits per heavy atom. The second-order valence-electron chi connectivity index (χ2n) is 8.02. The first-order valence-corrected chi connectivity index (χ1v) is 9.91. The smallest absolute Gasteiger partial charge is 0.266 e. The van der Waals surface area contributed by atoms with Gasteiger partial charge in [-0.3, -0.25) is 14.3 Å². The van der Waals surface area contributed by atoms with Gasteiger partial charge in [-0.1, -0.05) is 38.1 Å². The molecule has 0 saturated carbocycles. The molecule has 2 aromatic carbocycles. The van der Waals surface area contributed by atoms with Crippen molar-refractivity contribution in [2.75, 3.05) is 5.73 Å². The molecule has 1 amide bonds. The predicted molar refractivity (Wildman–Crippen MR) is 115 cm³/mol. The molecule has 8 heteroatoms. The van der Waals surface area contributed by atoms with Crippen molar-refractivity contribution in [1.82, 2.24) is 9.78 Å². The van der Waals surface area contributed by atoms with Gasteiger partial charge >= 0.3 is 0 Å². The number of nitrogens with zero attached hydrogens (tertiary/aromatic N) is 2. The summed E-state index contributed by atoms with van der Waals surface area (Å²) in [4.78, 5) is 23.2. The summed E-state index contributed by atoms with van der Waals surface area (Å²) in [5.41, 5.74) is 14.4. The zero-order chi connectivity index (χ0) is 22.5. The standard InChI is InChI=1S/C18H17NO3.C5H7N3O/c1-9(2)10-6-7-11-14(8-10)22-18(21)12-4-3-5-13(19)15(12)17(20)16(11)18;1-8-4(5(6)9)2-3-7-8/h3-9,16,21H,19H2,1-2H3;2-3H,1H3,(H2,6,9). The summed E-state index contributed by atoms with van der Waals surface area (Å²) in [5.74, 6) is -2.06. The van der Waals surface area contributed by atoms with Gasteiger partial charge in [0.25, 0.3) is 5.91 Å². The molecule has 0 fully saturated rings. The minimum absolute atomic E-state index is 0.174. The van der Waals surface area contributed by atoms with E-state index in [1.54, 1.807) is 31.3 Å². The third-order valence-electron chi connectivity index (χ3n) is 5.74. The van der Waals surface area contributed by atoms with E-state index in [4.69, 9.17) is 16.2 Å². The number of ketones is 1. The van der Waals surface area contributed by atoms with E-state index in [9.17, 15) is 14.7 Å². The molecule has 2 aliphatic rings. The second-order valence-corrected chi connectivity index (χ2v) is 8.02. The van der Waals surface area contributed by atoms with Crippen molar-refractivity contribution in [2.24, 2.45) is 12.8 Å². The van der Waals surface area contributed by atoms with Gasteiger partial charge in [0, 0.05) is 30.1 Å². The van der Waals surface area contributed by atoms with Gasteiger partial charge in [-0.05, 0) is 29.7 Å². The zero-order valence-corrected chi connectivity index (χ0v) is 17.5. The van der Waals surface area contributed by atoms with E-state index in [-0.39, 0.29) is 5.78 Å². The molecule has 1 aromatic heterocycles. The molecule has 1 aliphatic carbocycles. The van der Waals surface area contributed by atoms with Crippen molar-refractivity contribution in [3.05, 3.63) is 76.6 Å². The summed E-state index contributed by atoms with van der Waals surface area (Å²) in [6, 6.07) is 12.5. The molecular formula is C23H24N4O4. The van der Waals surface area contributed by atoms with Crippen molar-refractivity contribution in [3.63, 3.8) is 0 Å². The van der Waals surface area contributed by atoms with Gasteiger partial charge in [0.05, 0.1) is 5.56 Å². The summed E-state index contributed by atoms with van der Waals surface area (Å²) >= 11 is 0. The van der Waals surface area contributed by atoms with Crippen LogP contribution in [-0.4, -0.2) is 26.6 Å². The van der Waals surface area contributed by atoms with E-state index >= 15 is 0 Å². The Balaban J connectivity index is 0.000000217. The summed E-state index contributed by atoms with van der Waals surface area (Å²) in [6.45, 7) is 4.18. The zero-order valence-electron chi connectivity index (χ0n) is 17.5. The number of amides is 1. The maximum absolute atomic E-state index is 12.8. The molecule has 0 bridgehead atoms. The Morgan fingerprint density at radius 2 is 2.00 bits per heavy atom. The molecule has 0 radical (unpaired) electrons. The Labute approximate surface area is 179 Å². The van der Waals surface area contributed by atoms with Crippen molar-refractivity contribution >= 4 is 17.4 Å². The van der Waals surface area contributed by atoms with Gasteiger partial charge in [-0.2, -0.15) is 5.10 Å². The number of nitrogen functional groups attached to an aromatic ring is 1. The summed E-state index contributed by atoms with van der Waals surface area (Å²) in [6.07, 6.45) is 1.53. The summed E-state index contributed by atoms with van der Waals surface area (Å²) in [7, 11) is 1.67. The lowest BCUT2D eigenvalue weighted by Gasteiger charge is -2.22. The van der Waals surface area contributed by atoms with Gasteiger partial charge in [0.15, 0.2) is 5.78 Å². The fourth-order valence-corrected chi connectivity index (χ4v) is 4.11. The second kappa shape index (κ2) is 7.24. The van der Waals surface area contributed by atoms with Crippen molar-refractivity contribution < 1.29 is 19.4 Å². The highest BCUT2D eigenvalue weighted by atomic mass is 16.6. The minimum Gasteiger partial charge on any atom is -0.457 e. The van der Waals surface area contributed by atoms with E-state index in [2.05, 4.69) is 18.9 Å². The molecule has 3 aromatic rings. The lowest BCUT2D eigenvalue weighted by atomic mass is 9.91. The number of nitrogens with two attached hydrogens (primary N) is 2. The van der Waals surface area contributed by atoms with Crippen LogP contribution in [0.5, 0.6) is 5.75 Å². The molecule has 160 valence electrons. The van der Waals surface area contributed by atoms with Crippen LogP contribution in [0, 0.1) is 0 Å². The van der Waals surface area contributed by atoms with E-state index < -0.39 is 17.6 Å². The molecule has 8 nitrogen and oxygen atoms in total. The SMILES string of the molecule is CC(C)c1ccc2c(c1)OC1(O)c3cccc(N)c3C(=O)C21.Cn1nccc1C(N)=O. The maximum Gasteiger partial charge on any atom is 0.266 e. The first-order chi connectivity index (χ1) is 14.6. The highest BCUT2D eigenvalue weighted by molar-refractivity contribution is 6.11. The van der Waals surface area contributed by atoms with Gasteiger partial charge in [0.2, 0.25) is 5.79 Å². The van der Waals surface area contributed by atoms with Gasteiger partial charge in [-0.15, -0.1) is 0 Å². The average molecular weight is 420 g/mol. The Bertz CT molecular complexity index is 1200. The summed E-state index contributed by atoms with van der Waals surface area (Å²) < 4.78 is 7.27. The van der Waals surface area contributed by atoms with Crippen molar-refractivity contribution in [3.8, 4) is 5.75 Å². The molecule has 5 N–H and O–H groups in total. The number of carbonyl (C=O) groups is 2. The fourth-order valence-electron chi connectivity index (χ4n) is 4.11. The van der Waals surface area contributed by atoms with E-state index in [0.29, 0.717) is 34.2 Å². The Morgan fingerprint density at radius 1 is 1.26 bits per heavy atom. The number of aliphatic hydroxyl groups is 1. The molecule has 0 saturated heterocycles. The van der Waals surface area contributed by atoms with Crippen LogP contribution in [0.2, 0.25) is 0 Å². The summed E-state index contributed by atoms with van der Waals surface area (Å²) in [5, 5.41) is 14.8. The van der Waals surface area contributed by atoms with Gasteiger partial charge < -0.3 is 21.3 Å². The molecule has 2 unspecified atom stereocenters. The number of rotatable bonds is 2. The Hall–Kier alpha value is -3.65. The third kappa shape index (κ3) is 3.16. The topological polar surface area (TPSA) is 133 Å². The molecular weight excluding hydrogens is 396 g/mol. The highest BCUT2D eigenvalue weighted by Crippen LogP contribution is 2.56. The van der Waals surface area contributed by atoms with Crippen LogP contribution in [0.3, 0.4) is 0 Å². The highest BCUT2D eigenvalue weighted by Gasteiger charge is 2.59. The van der Waals surface area contributed by atoms with E-state index in [1.165, 1.54) is 10.9 Å². The van der Waals surface area contributed by atoms with Gasteiger partial charge in [0.1, 0.15) is 17.4 Å².